The molecule has 1 aromatic heterocycles. The van der Waals surface area contributed by atoms with E-state index in [0.29, 0.717) is 5.56 Å². The lowest BCUT2D eigenvalue weighted by molar-refractivity contribution is 1.02. The Morgan fingerprint density at radius 2 is 2.19 bits per heavy atom. The van der Waals surface area contributed by atoms with Crippen LogP contribution in [0.3, 0.4) is 0 Å². The van der Waals surface area contributed by atoms with Crippen molar-refractivity contribution in [2.24, 2.45) is 0 Å². The summed E-state index contributed by atoms with van der Waals surface area (Å²) in [6, 6.07) is 9.53. The van der Waals surface area contributed by atoms with E-state index < -0.39 is 0 Å². The fraction of sp³-hybridized carbons (Fsp3) is 0.182. The third-order valence-electron chi connectivity index (χ3n) is 2.16. The molecule has 1 aromatic carbocycles. The Morgan fingerprint density at radius 1 is 1.38 bits per heavy atom. The van der Waals surface area contributed by atoms with Crippen LogP contribution in [0, 0.1) is 18.3 Å². The maximum Gasteiger partial charge on any atom is 0.212 e. The van der Waals surface area contributed by atoms with Gasteiger partial charge in [-0.05, 0) is 25.1 Å². The van der Waals surface area contributed by atoms with Crippen LogP contribution in [0.1, 0.15) is 10.6 Å². The predicted molar refractivity (Wildman–Crippen MR) is 63.9 cm³/mol. The van der Waals surface area contributed by atoms with E-state index in [4.69, 9.17) is 5.26 Å². The molecular formula is C11H10N4S. The highest BCUT2D eigenvalue weighted by molar-refractivity contribution is 7.15. The zero-order valence-corrected chi connectivity index (χ0v) is 9.82. The van der Waals surface area contributed by atoms with Gasteiger partial charge in [-0.1, -0.05) is 17.4 Å². The van der Waals surface area contributed by atoms with Crippen LogP contribution in [0.25, 0.3) is 0 Å². The van der Waals surface area contributed by atoms with E-state index >= 15 is 0 Å². The molecule has 2 rings (SSSR count). The Kier molecular flexibility index (Phi) is 2.84. The van der Waals surface area contributed by atoms with E-state index in [2.05, 4.69) is 16.3 Å². The maximum atomic E-state index is 8.82. The van der Waals surface area contributed by atoms with Crippen molar-refractivity contribution in [3.8, 4) is 6.07 Å². The highest BCUT2D eigenvalue weighted by Crippen LogP contribution is 2.26. The van der Waals surface area contributed by atoms with Crippen LogP contribution >= 0.6 is 11.3 Å². The van der Waals surface area contributed by atoms with Crippen LogP contribution in [0.15, 0.2) is 24.3 Å². The molecule has 0 unspecified atom stereocenters. The largest absolute Gasteiger partial charge is 0.319 e. The van der Waals surface area contributed by atoms with E-state index in [1.54, 1.807) is 6.07 Å². The third-order valence-corrected chi connectivity index (χ3v) is 3.08. The van der Waals surface area contributed by atoms with E-state index in [1.807, 2.05) is 37.1 Å². The van der Waals surface area contributed by atoms with Crippen molar-refractivity contribution in [2.75, 3.05) is 11.9 Å². The van der Waals surface area contributed by atoms with E-state index in [9.17, 15) is 0 Å². The van der Waals surface area contributed by atoms with Gasteiger partial charge >= 0.3 is 0 Å². The number of nitriles is 1. The molecule has 0 N–H and O–H groups in total. The fourth-order valence-electron chi connectivity index (χ4n) is 1.32. The smallest absolute Gasteiger partial charge is 0.212 e. The highest BCUT2D eigenvalue weighted by atomic mass is 32.1. The van der Waals surface area contributed by atoms with Crippen LogP contribution < -0.4 is 4.90 Å². The molecule has 0 aliphatic heterocycles. The van der Waals surface area contributed by atoms with Crippen molar-refractivity contribution in [3.63, 3.8) is 0 Å². The summed E-state index contributed by atoms with van der Waals surface area (Å²) in [5.74, 6) is 0. The molecule has 80 valence electrons. The van der Waals surface area contributed by atoms with Gasteiger partial charge in [-0.25, -0.2) is 0 Å². The fourth-order valence-corrected chi connectivity index (χ4v) is 1.99. The maximum absolute atomic E-state index is 8.82. The minimum atomic E-state index is 0.644. The van der Waals surface area contributed by atoms with Crippen LogP contribution in [0.5, 0.6) is 0 Å². The average molecular weight is 230 g/mol. The van der Waals surface area contributed by atoms with Gasteiger partial charge in [-0.3, -0.25) is 0 Å². The normalized spacial score (nSPS) is 9.81. The van der Waals surface area contributed by atoms with Gasteiger partial charge in [0.05, 0.1) is 11.6 Å². The summed E-state index contributed by atoms with van der Waals surface area (Å²) in [6.45, 7) is 1.92. The molecule has 0 spiro atoms. The average Bonchev–Trinajstić information content (AvgIpc) is 2.75. The van der Waals surface area contributed by atoms with E-state index in [-0.39, 0.29) is 0 Å². The van der Waals surface area contributed by atoms with Crippen molar-refractivity contribution < 1.29 is 0 Å². The van der Waals surface area contributed by atoms with Gasteiger partial charge in [0.15, 0.2) is 0 Å². The molecule has 0 bridgehead atoms. The van der Waals surface area contributed by atoms with Crippen molar-refractivity contribution in [1.82, 2.24) is 10.2 Å². The third kappa shape index (κ3) is 2.02. The standard InChI is InChI=1S/C11H10N4S/c1-8-13-14-11(16-8)15(2)10-5-3-4-9(6-10)7-12/h3-6H,1-2H3. The Labute approximate surface area is 97.8 Å². The molecule has 0 atom stereocenters. The van der Waals surface area contributed by atoms with Crippen LogP contribution in [0.4, 0.5) is 10.8 Å². The summed E-state index contributed by atoms with van der Waals surface area (Å²) >= 11 is 1.52. The molecule has 16 heavy (non-hydrogen) atoms. The summed E-state index contributed by atoms with van der Waals surface area (Å²) in [4.78, 5) is 1.92. The molecule has 0 radical (unpaired) electrons. The minimum Gasteiger partial charge on any atom is -0.319 e. The van der Waals surface area contributed by atoms with Gasteiger partial charge < -0.3 is 4.90 Å². The topological polar surface area (TPSA) is 52.8 Å². The molecule has 4 nitrogen and oxygen atoms in total. The van der Waals surface area contributed by atoms with Gasteiger partial charge in [-0.2, -0.15) is 5.26 Å². The monoisotopic (exact) mass is 230 g/mol. The van der Waals surface area contributed by atoms with E-state index in [1.165, 1.54) is 11.3 Å². The van der Waals surface area contributed by atoms with Gasteiger partial charge in [0.1, 0.15) is 5.01 Å². The number of aromatic nitrogens is 2. The molecule has 0 aliphatic rings. The summed E-state index contributed by atoms with van der Waals surface area (Å²) < 4.78 is 0. The molecule has 5 heteroatoms. The summed E-state index contributed by atoms with van der Waals surface area (Å²) in [6.07, 6.45) is 0. The number of anilines is 2. The SMILES string of the molecule is Cc1nnc(N(C)c2cccc(C#N)c2)s1. The molecule has 0 saturated heterocycles. The second-order valence-electron chi connectivity index (χ2n) is 3.32. The Bertz CT molecular complexity index is 541. The molecule has 0 amide bonds. The van der Waals surface area contributed by atoms with Crippen molar-refractivity contribution in [1.29, 1.82) is 5.26 Å². The minimum absolute atomic E-state index is 0.644. The first-order valence-electron chi connectivity index (χ1n) is 4.74. The van der Waals surface area contributed by atoms with Gasteiger partial charge in [0.25, 0.3) is 0 Å². The lowest BCUT2D eigenvalue weighted by atomic mass is 10.2. The summed E-state index contributed by atoms with van der Waals surface area (Å²) in [7, 11) is 1.91. The predicted octanol–water partition coefficient (Wildman–Crippen LogP) is 2.49. The molecule has 0 saturated carbocycles. The lowest BCUT2D eigenvalue weighted by Crippen LogP contribution is -2.09. The Hall–Kier alpha value is -1.93. The van der Waals surface area contributed by atoms with Crippen molar-refractivity contribution in [3.05, 3.63) is 34.8 Å². The number of hydrogen-bond acceptors (Lipinski definition) is 5. The number of aryl methyl sites for hydroxylation is 1. The van der Waals surface area contributed by atoms with Crippen molar-refractivity contribution in [2.45, 2.75) is 6.92 Å². The summed E-state index contributed by atoms with van der Waals surface area (Å²) in [5, 5.41) is 18.6. The second-order valence-corrected chi connectivity index (χ2v) is 4.48. The molecule has 0 aliphatic carbocycles. The molecule has 1 heterocycles. The Balaban J connectivity index is 2.34. The van der Waals surface area contributed by atoms with E-state index in [0.717, 1.165) is 15.8 Å². The van der Waals surface area contributed by atoms with Crippen LogP contribution in [-0.4, -0.2) is 17.2 Å². The van der Waals surface area contributed by atoms with Crippen molar-refractivity contribution >= 4 is 22.2 Å². The van der Waals surface area contributed by atoms with Gasteiger partial charge in [0.2, 0.25) is 5.13 Å². The van der Waals surface area contributed by atoms with Crippen LogP contribution in [0.2, 0.25) is 0 Å². The highest BCUT2D eigenvalue weighted by Gasteiger charge is 2.08. The second kappa shape index (κ2) is 4.29. The molecule has 0 fully saturated rings. The molecular weight excluding hydrogens is 220 g/mol. The number of hydrogen-bond donors (Lipinski definition) is 0. The van der Waals surface area contributed by atoms with Gasteiger partial charge in [-0.15, -0.1) is 10.2 Å². The first kappa shape index (κ1) is 10.6. The number of benzene rings is 1. The number of nitrogens with zero attached hydrogens (tertiary/aromatic N) is 4. The Morgan fingerprint density at radius 3 is 2.81 bits per heavy atom. The first-order valence-corrected chi connectivity index (χ1v) is 5.56. The molecule has 2 aromatic rings. The quantitative estimate of drug-likeness (QED) is 0.795. The van der Waals surface area contributed by atoms with Gasteiger partial charge in [0, 0.05) is 12.7 Å². The number of rotatable bonds is 2. The van der Waals surface area contributed by atoms with Crippen LogP contribution in [-0.2, 0) is 0 Å². The lowest BCUT2D eigenvalue weighted by Gasteiger charge is -2.14. The zero-order valence-electron chi connectivity index (χ0n) is 9.01. The first-order chi connectivity index (χ1) is 7.70. The zero-order chi connectivity index (χ0) is 11.5. The summed E-state index contributed by atoms with van der Waals surface area (Å²) in [5.41, 5.74) is 1.58.